The van der Waals surface area contributed by atoms with Crippen LogP contribution in [0.3, 0.4) is 0 Å². The first-order valence-corrected chi connectivity index (χ1v) is 12.6. The van der Waals surface area contributed by atoms with Crippen LogP contribution < -0.4 is 9.21 Å². The number of carbonyl (C=O) groups excluding carboxylic acids is 1. The normalized spacial score (nSPS) is 13.0. The Hall–Kier alpha value is -4.50. The summed E-state index contributed by atoms with van der Waals surface area (Å²) in [6.07, 6.45) is 0. The van der Waals surface area contributed by atoms with Crippen molar-refractivity contribution in [2.24, 2.45) is 0 Å². The summed E-state index contributed by atoms with van der Waals surface area (Å²) in [4.78, 5) is 26.7. The van der Waals surface area contributed by atoms with Crippen LogP contribution in [0.25, 0.3) is 0 Å². The van der Waals surface area contributed by atoms with E-state index in [2.05, 4.69) is 0 Å². The van der Waals surface area contributed by atoms with Crippen LogP contribution >= 0.6 is 0 Å². The first-order chi connectivity index (χ1) is 17.3. The number of nitrogens with zero attached hydrogens (tertiary/aromatic N) is 3. The van der Waals surface area contributed by atoms with E-state index in [-0.39, 0.29) is 5.69 Å². The van der Waals surface area contributed by atoms with Gasteiger partial charge in [-0.05, 0) is 41.5 Å². The highest BCUT2D eigenvalue weighted by Crippen LogP contribution is 2.46. The van der Waals surface area contributed by atoms with Gasteiger partial charge in [0.25, 0.3) is 21.6 Å². The molecule has 0 aliphatic carbocycles. The number of hydrogen-bond donors (Lipinski definition) is 0. The predicted octanol–water partition coefficient (Wildman–Crippen LogP) is 5.23. The molecule has 180 valence electrons. The summed E-state index contributed by atoms with van der Waals surface area (Å²) in [7, 11) is -2.78. The summed E-state index contributed by atoms with van der Waals surface area (Å²) < 4.78 is 28.7. The minimum atomic E-state index is -4.67. The maximum Gasteiger partial charge on any atom is 0.289 e. The Bertz CT molecular complexity index is 1540. The second-order valence-electron chi connectivity index (χ2n) is 8.28. The second kappa shape index (κ2) is 8.94. The second-order valence-corrected chi connectivity index (χ2v) is 10.0. The lowest BCUT2D eigenvalue weighted by atomic mass is 9.84. The van der Waals surface area contributed by atoms with Gasteiger partial charge in [-0.25, -0.2) is 12.7 Å². The molecule has 1 aliphatic heterocycles. The summed E-state index contributed by atoms with van der Waals surface area (Å²) >= 11 is 0. The van der Waals surface area contributed by atoms with Gasteiger partial charge in [-0.3, -0.25) is 14.9 Å². The smallest absolute Gasteiger partial charge is 0.289 e. The molecule has 1 heterocycles. The van der Waals surface area contributed by atoms with E-state index in [1.807, 2.05) is 36.2 Å². The Labute approximate surface area is 208 Å². The van der Waals surface area contributed by atoms with Crippen molar-refractivity contribution in [3.05, 3.63) is 124 Å². The summed E-state index contributed by atoms with van der Waals surface area (Å²) in [6.45, 7) is 0. The molecule has 0 unspecified atom stereocenters. The largest absolute Gasteiger partial charge is 0.344 e. The summed E-state index contributed by atoms with van der Waals surface area (Å²) in [5.41, 5.74) is 2.31. The number of rotatable bonds is 5. The van der Waals surface area contributed by atoms with Gasteiger partial charge < -0.3 is 4.90 Å². The number of sulfonamides is 1. The van der Waals surface area contributed by atoms with Gasteiger partial charge in [-0.15, -0.1) is 0 Å². The molecule has 8 nitrogen and oxygen atoms in total. The molecule has 4 aromatic carbocycles. The molecule has 0 fully saturated rings. The minimum Gasteiger partial charge on any atom is -0.344 e. The van der Waals surface area contributed by atoms with Crippen molar-refractivity contribution in [3.63, 3.8) is 0 Å². The Morgan fingerprint density at radius 3 is 1.89 bits per heavy atom. The fourth-order valence-corrected chi connectivity index (χ4v) is 6.22. The van der Waals surface area contributed by atoms with Gasteiger partial charge in [-0.2, -0.15) is 0 Å². The lowest BCUT2D eigenvalue weighted by molar-refractivity contribution is -0.387. The lowest BCUT2D eigenvalue weighted by Gasteiger charge is -2.36. The van der Waals surface area contributed by atoms with E-state index in [1.165, 1.54) is 24.3 Å². The van der Waals surface area contributed by atoms with E-state index >= 15 is 0 Å². The van der Waals surface area contributed by atoms with Gasteiger partial charge in [0.05, 0.1) is 16.5 Å². The number of anilines is 3. The molecule has 36 heavy (non-hydrogen) atoms. The van der Waals surface area contributed by atoms with Crippen molar-refractivity contribution in [1.29, 1.82) is 0 Å². The summed E-state index contributed by atoms with van der Waals surface area (Å²) in [5, 5.41) is 11.7. The molecular weight excluding hydrogens is 478 g/mol. The van der Waals surface area contributed by atoms with Crippen molar-refractivity contribution in [2.75, 3.05) is 16.3 Å². The Balaban J connectivity index is 1.75. The number of carbonyl (C=O) groups is 1. The number of benzene rings is 4. The van der Waals surface area contributed by atoms with Crippen molar-refractivity contribution in [1.82, 2.24) is 0 Å². The highest BCUT2D eigenvalue weighted by Gasteiger charge is 2.42. The molecule has 0 radical (unpaired) electrons. The number of amides is 1. The molecule has 0 N–H and O–H groups in total. The van der Waals surface area contributed by atoms with Crippen LogP contribution in [0.1, 0.15) is 17.0 Å². The number of para-hydroxylation sites is 4. The first kappa shape index (κ1) is 23.3. The zero-order valence-corrected chi connectivity index (χ0v) is 20.0. The van der Waals surface area contributed by atoms with Crippen LogP contribution in [0.15, 0.2) is 108 Å². The number of hydrogen-bond acceptors (Lipinski definition) is 6. The highest BCUT2D eigenvalue weighted by molar-refractivity contribution is 7.93. The zero-order chi connectivity index (χ0) is 25.4. The predicted molar refractivity (Wildman–Crippen MR) is 137 cm³/mol. The van der Waals surface area contributed by atoms with Crippen LogP contribution in [0.5, 0.6) is 0 Å². The summed E-state index contributed by atoms with van der Waals surface area (Å²) in [5.74, 6) is -1.68. The molecule has 5 rings (SSSR count). The standard InChI is InChI=1S/C27H21N3O5S/c1-28-22-15-7-5-13-20(22)26(21-14-6-8-16-23(21)28)27(31)29(19-11-3-2-4-12-19)36(34,35)25-18-10-9-17-24(25)30(32)33/h2-18,26H,1H3. The third-order valence-electron chi connectivity index (χ3n) is 6.24. The van der Waals surface area contributed by atoms with Crippen molar-refractivity contribution < 1.29 is 18.1 Å². The van der Waals surface area contributed by atoms with Crippen LogP contribution in [-0.4, -0.2) is 26.3 Å². The van der Waals surface area contributed by atoms with E-state index < -0.39 is 37.4 Å². The lowest BCUT2D eigenvalue weighted by Crippen LogP contribution is -2.42. The molecule has 0 spiro atoms. The van der Waals surface area contributed by atoms with Crippen LogP contribution in [0.2, 0.25) is 0 Å². The molecule has 0 bridgehead atoms. The van der Waals surface area contributed by atoms with Crippen LogP contribution in [-0.2, 0) is 14.8 Å². The molecule has 1 amide bonds. The summed E-state index contributed by atoms with van der Waals surface area (Å²) in [6, 6.07) is 27.6. The fourth-order valence-electron chi connectivity index (χ4n) is 4.63. The molecular formula is C27H21N3O5S. The average Bonchev–Trinajstić information content (AvgIpc) is 2.89. The Morgan fingerprint density at radius 2 is 1.31 bits per heavy atom. The van der Waals surface area contributed by atoms with E-state index in [9.17, 15) is 23.3 Å². The number of fused-ring (bicyclic) bond motifs is 2. The quantitative estimate of drug-likeness (QED) is 0.275. The number of nitro benzene ring substituents is 1. The molecule has 0 saturated heterocycles. The molecule has 0 aromatic heterocycles. The van der Waals surface area contributed by atoms with Gasteiger partial charge in [-0.1, -0.05) is 66.7 Å². The van der Waals surface area contributed by atoms with E-state index in [0.717, 1.165) is 23.5 Å². The zero-order valence-electron chi connectivity index (χ0n) is 19.2. The minimum absolute atomic E-state index is 0.0922. The van der Waals surface area contributed by atoms with E-state index in [1.54, 1.807) is 42.5 Å². The third-order valence-corrected chi connectivity index (χ3v) is 8.01. The van der Waals surface area contributed by atoms with Gasteiger partial charge >= 0.3 is 0 Å². The highest BCUT2D eigenvalue weighted by atomic mass is 32.2. The SMILES string of the molecule is CN1c2ccccc2C(C(=O)N(c2ccccc2)S(=O)(=O)c2ccccc2[N+](=O)[O-])c2ccccc21. The van der Waals surface area contributed by atoms with Gasteiger partial charge in [0, 0.05) is 24.5 Å². The van der Waals surface area contributed by atoms with Gasteiger partial charge in [0.15, 0.2) is 4.90 Å². The molecule has 0 saturated carbocycles. The number of nitro groups is 1. The van der Waals surface area contributed by atoms with Crippen molar-refractivity contribution >= 4 is 38.7 Å². The Kier molecular flexibility index (Phi) is 5.77. The molecule has 1 aliphatic rings. The van der Waals surface area contributed by atoms with E-state index in [0.29, 0.717) is 15.4 Å². The average molecular weight is 500 g/mol. The van der Waals surface area contributed by atoms with Gasteiger partial charge in [0.2, 0.25) is 0 Å². The monoisotopic (exact) mass is 499 g/mol. The maximum atomic E-state index is 14.4. The fraction of sp³-hybridized carbons (Fsp3) is 0.0741. The first-order valence-electron chi connectivity index (χ1n) is 11.1. The topological polar surface area (TPSA) is 101 Å². The maximum absolute atomic E-state index is 14.4. The van der Waals surface area contributed by atoms with Gasteiger partial charge in [0.1, 0.15) is 0 Å². The van der Waals surface area contributed by atoms with Crippen molar-refractivity contribution in [2.45, 2.75) is 10.8 Å². The third kappa shape index (κ3) is 3.70. The van der Waals surface area contributed by atoms with Crippen LogP contribution in [0, 0.1) is 10.1 Å². The molecule has 0 atom stereocenters. The van der Waals surface area contributed by atoms with Crippen molar-refractivity contribution in [3.8, 4) is 0 Å². The Morgan fingerprint density at radius 1 is 0.806 bits per heavy atom. The van der Waals surface area contributed by atoms with Crippen LogP contribution in [0.4, 0.5) is 22.7 Å². The molecule has 9 heteroatoms. The van der Waals surface area contributed by atoms with E-state index in [4.69, 9.17) is 0 Å². The molecule has 4 aromatic rings.